The van der Waals surface area contributed by atoms with E-state index in [1.54, 1.807) is 12.0 Å². The smallest absolute Gasteiger partial charge is 0.387 e. The van der Waals surface area contributed by atoms with Crippen LogP contribution in [0.3, 0.4) is 0 Å². The molecule has 1 N–H and O–H groups in total. The van der Waals surface area contributed by atoms with Crippen molar-refractivity contribution >= 4 is 17.9 Å². The molecule has 1 fully saturated rings. The Balaban J connectivity index is 1.87. The lowest BCUT2D eigenvalue weighted by atomic mass is 10.1. The molecule has 1 saturated heterocycles. The summed E-state index contributed by atoms with van der Waals surface area (Å²) >= 11 is 0. The number of ether oxygens (including phenoxy) is 3. The van der Waals surface area contributed by atoms with Crippen molar-refractivity contribution in [3.05, 3.63) is 29.8 Å². The lowest BCUT2D eigenvalue weighted by Crippen LogP contribution is -2.50. The van der Waals surface area contributed by atoms with E-state index in [0.29, 0.717) is 39.3 Å². The van der Waals surface area contributed by atoms with Gasteiger partial charge in [-0.25, -0.2) is 0 Å². The minimum Gasteiger partial charge on any atom is -0.435 e. The van der Waals surface area contributed by atoms with Crippen LogP contribution >= 0.6 is 0 Å². The molecule has 1 aliphatic rings. The van der Waals surface area contributed by atoms with Crippen molar-refractivity contribution < 1.29 is 41.4 Å². The molecule has 8 nitrogen and oxygen atoms in total. The molecule has 2 rings (SSSR count). The number of alkyl halides is 4. The van der Waals surface area contributed by atoms with Gasteiger partial charge in [0, 0.05) is 64.1 Å². The third kappa shape index (κ3) is 9.66. The van der Waals surface area contributed by atoms with Crippen LogP contribution in [0.1, 0.15) is 12.0 Å². The van der Waals surface area contributed by atoms with Crippen LogP contribution in [-0.2, 0) is 14.3 Å². The first-order valence-electron chi connectivity index (χ1n) is 10.3. The average molecular weight is 477 g/mol. The lowest BCUT2D eigenvalue weighted by molar-refractivity contribution is -0.128. The third-order valence-corrected chi connectivity index (χ3v) is 4.73. The molecule has 0 aromatic heterocycles. The second-order valence-corrected chi connectivity index (χ2v) is 7.09. The molecule has 33 heavy (non-hydrogen) atoms. The summed E-state index contributed by atoms with van der Waals surface area (Å²) in [6, 6.07) is 3.30. The Hall–Kier alpha value is -2.86. The maximum absolute atomic E-state index is 12.7. The maximum atomic E-state index is 12.7. The number of carbonyl (C=O) groups excluding carboxylic acids is 2. The van der Waals surface area contributed by atoms with Gasteiger partial charge in [0.1, 0.15) is 11.5 Å². The first-order valence-corrected chi connectivity index (χ1v) is 10.3. The van der Waals surface area contributed by atoms with E-state index in [2.05, 4.69) is 14.8 Å². The van der Waals surface area contributed by atoms with E-state index < -0.39 is 19.0 Å². The summed E-state index contributed by atoms with van der Waals surface area (Å²) in [4.78, 5) is 27.9. The minimum absolute atomic E-state index is 0.100. The Labute approximate surface area is 189 Å². The summed E-state index contributed by atoms with van der Waals surface area (Å²) in [5.74, 6) is -1.19. The van der Waals surface area contributed by atoms with Gasteiger partial charge in [0.15, 0.2) is 0 Å². The molecular weight excluding hydrogens is 450 g/mol. The van der Waals surface area contributed by atoms with E-state index in [-0.39, 0.29) is 29.7 Å². The van der Waals surface area contributed by atoms with E-state index >= 15 is 0 Å². The molecule has 0 bridgehead atoms. The predicted octanol–water partition coefficient (Wildman–Crippen LogP) is 2.20. The van der Waals surface area contributed by atoms with Crippen LogP contribution in [0.25, 0.3) is 6.08 Å². The predicted molar refractivity (Wildman–Crippen MR) is 111 cm³/mol. The average Bonchev–Trinajstić information content (AvgIpc) is 2.76. The van der Waals surface area contributed by atoms with Gasteiger partial charge in [0.05, 0.1) is 6.54 Å². The molecule has 1 aromatic rings. The molecule has 0 radical (unpaired) electrons. The van der Waals surface area contributed by atoms with Crippen molar-refractivity contribution in [2.45, 2.75) is 19.6 Å². The Morgan fingerprint density at radius 1 is 1.09 bits per heavy atom. The molecule has 1 aromatic carbocycles. The normalized spacial score (nSPS) is 14.8. The number of carbonyl (C=O) groups is 2. The molecule has 12 heteroatoms. The fraction of sp³-hybridized carbons (Fsp3) is 0.524. The van der Waals surface area contributed by atoms with Crippen LogP contribution < -0.4 is 14.8 Å². The molecule has 0 unspecified atom stereocenters. The summed E-state index contributed by atoms with van der Waals surface area (Å²) in [6.45, 7) is -3.18. The fourth-order valence-electron chi connectivity index (χ4n) is 3.12. The van der Waals surface area contributed by atoms with E-state index in [4.69, 9.17) is 4.74 Å². The summed E-state index contributed by atoms with van der Waals surface area (Å²) < 4.78 is 63.5. The van der Waals surface area contributed by atoms with Gasteiger partial charge in [-0.1, -0.05) is 0 Å². The van der Waals surface area contributed by atoms with Crippen LogP contribution in [0.5, 0.6) is 11.5 Å². The highest BCUT2D eigenvalue weighted by Crippen LogP contribution is 2.28. The molecule has 0 spiro atoms. The molecule has 184 valence electrons. The number of piperazine rings is 1. The Morgan fingerprint density at radius 2 is 1.79 bits per heavy atom. The van der Waals surface area contributed by atoms with Gasteiger partial charge in [0.25, 0.3) is 0 Å². The second-order valence-electron chi connectivity index (χ2n) is 7.09. The SMILES string of the molecule is COCCCNC(=O)CN1CCN(C(=O)/C=C/c2ccc(OC(F)F)cc2OC(F)F)CC1. The van der Waals surface area contributed by atoms with E-state index in [1.807, 2.05) is 4.90 Å². The molecule has 0 atom stereocenters. The Kier molecular flexibility index (Phi) is 10.9. The standard InChI is InChI=1S/C21H27F4N3O5/c1-31-12-2-7-26-18(29)14-27-8-10-28(11-9-27)19(30)6-4-15-3-5-16(32-20(22)23)13-17(15)33-21(24)25/h3-6,13,20-21H,2,7-12,14H2,1H3,(H,26,29)/b6-4+. The molecule has 1 heterocycles. The van der Waals surface area contributed by atoms with Crippen molar-refractivity contribution in [1.29, 1.82) is 0 Å². The van der Waals surface area contributed by atoms with Gasteiger partial charge >= 0.3 is 13.2 Å². The first-order chi connectivity index (χ1) is 15.8. The zero-order chi connectivity index (χ0) is 24.2. The number of rotatable bonds is 12. The van der Waals surface area contributed by atoms with Gasteiger partial charge in [-0.2, -0.15) is 17.6 Å². The fourth-order valence-corrected chi connectivity index (χ4v) is 3.12. The van der Waals surface area contributed by atoms with Gasteiger partial charge in [-0.05, 0) is 24.6 Å². The minimum atomic E-state index is -3.18. The van der Waals surface area contributed by atoms with E-state index in [0.717, 1.165) is 18.6 Å². The van der Waals surface area contributed by atoms with Crippen LogP contribution in [0, 0.1) is 0 Å². The highest BCUT2D eigenvalue weighted by atomic mass is 19.3. The first kappa shape index (κ1) is 26.4. The van der Waals surface area contributed by atoms with Gasteiger partial charge in [-0.3, -0.25) is 14.5 Å². The number of halogens is 4. The summed E-state index contributed by atoms with van der Waals surface area (Å²) in [7, 11) is 1.59. The zero-order valence-corrected chi connectivity index (χ0v) is 18.1. The zero-order valence-electron chi connectivity index (χ0n) is 18.1. The molecule has 0 saturated carbocycles. The number of nitrogens with one attached hydrogen (secondary N) is 1. The van der Waals surface area contributed by atoms with Crippen LogP contribution in [0.2, 0.25) is 0 Å². The Bertz CT molecular complexity index is 802. The van der Waals surface area contributed by atoms with E-state index in [1.165, 1.54) is 18.2 Å². The maximum Gasteiger partial charge on any atom is 0.387 e. The molecule has 0 aliphatic carbocycles. The van der Waals surface area contributed by atoms with Crippen molar-refractivity contribution in [3.63, 3.8) is 0 Å². The number of benzene rings is 1. The molecule has 2 amide bonds. The summed E-state index contributed by atoms with van der Waals surface area (Å²) in [5, 5.41) is 2.80. The number of hydrogen-bond acceptors (Lipinski definition) is 6. The number of amides is 2. The van der Waals surface area contributed by atoms with Gasteiger partial charge in [-0.15, -0.1) is 0 Å². The van der Waals surface area contributed by atoms with Gasteiger partial charge < -0.3 is 24.4 Å². The largest absolute Gasteiger partial charge is 0.435 e. The third-order valence-electron chi connectivity index (χ3n) is 4.73. The van der Waals surface area contributed by atoms with Crippen LogP contribution in [0.4, 0.5) is 17.6 Å². The number of methoxy groups -OCH3 is 1. The van der Waals surface area contributed by atoms with Crippen LogP contribution in [-0.4, -0.2) is 87.8 Å². The monoisotopic (exact) mass is 477 g/mol. The highest BCUT2D eigenvalue weighted by molar-refractivity contribution is 5.92. The van der Waals surface area contributed by atoms with Crippen molar-refractivity contribution in [2.24, 2.45) is 0 Å². The molecular formula is C21H27F4N3O5. The highest BCUT2D eigenvalue weighted by Gasteiger charge is 2.21. The van der Waals surface area contributed by atoms with E-state index in [9.17, 15) is 27.2 Å². The second kappa shape index (κ2) is 13.6. The topological polar surface area (TPSA) is 80.3 Å². The lowest BCUT2D eigenvalue weighted by Gasteiger charge is -2.33. The molecule has 1 aliphatic heterocycles. The summed E-state index contributed by atoms with van der Waals surface area (Å²) in [5.41, 5.74) is 0.106. The van der Waals surface area contributed by atoms with Gasteiger partial charge in [0.2, 0.25) is 11.8 Å². The van der Waals surface area contributed by atoms with Crippen molar-refractivity contribution in [1.82, 2.24) is 15.1 Å². The number of nitrogens with zero attached hydrogens (tertiary/aromatic N) is 2. The van der Waals surface area contributed by atoms with Crippen LogP contribution in [0.15, 0.2) is 24.3 Å². The quantitative estimate of drug-likeness (QED) is 0.283. The van der Waals surface area contributed by atoms with Crippen molar-refractivity contribution in [2.75, 3.05) is 53.0 Å². The van der Waals surface area contributed by atoms with Crippen molar-refractivity contribution in [3.8, 4) is 11.5 Å². The Morgan fingerprint density at radius 3 is 2.42 bits per heavy atom. The summed E-state index contributed by atoms with van der Waals surface area (Å²) in [6.07, 6.45) is 3.19. The number of hydrogen-bond donors (Lipinski definition) is 1.